The summed E-state index contributed by atoms with van der Waals surface area (Å²) in [5, 5.41) is 5.23. The van der Waals surface area contributed by atoms with Gasteiger partial charge in [-0.3, -0.25) is 9.79 Å². The Morgan fingerprint density at radius 1 is 1.04 bits per heavy atom. The lowest BCUT2D eigenvalue weighted by atomic mass is 9.83. The Labute approximate surface area is 294 Å². The Bertz CT molecular complexity index is 1950. The maximum Gasteiger partial charge on any atom is 0.331 e. The van der Waals surface area contributed by atoms with Crippen LogP contribution in [0.3, 0.4) is 0 Å². The standard InChI is InChI=1S/C40H50FN5O4/c1-22-16-32(17-23(2)37(22)41)43-25(4)36-26(5)45(14-12-33(36)42)38(48)35-19-31-18-29(30-13-15-49-39(8,9)21-30)10-11-34(31)46(35)40(20-24(40)3)27(6)44-50-28(7)47/h10-11,16-19,24,26,30H,12-15,20-21,42H2,1-9H3/b43-25?,44-27+/t24-,26-,30?,40-/m0/s1. The summed E-state index contributed by atoms with van der Waals surface area (Å²) in [7, 11) is 0. The van der Waals surface area contributed by atoms with Gasteiger partial charge in [0.15, 0.2) is 0 Å². The Balaban J connectivity index is 1.43. The van der Waals surface area contributed by atoms with E-state index in [1.165, 1.54) is 12.5 Å². The van der Waals surface area contributed by atoms with Crippen molar-refractivity contribution in [2.24, 2.45) is 21.8 Å². The zero-order chi connectivity index (χ0) is 36.3. The molecule has 6 rings (SSSR count). The van der Waals surface area contributed by atoms with Crippen LogP contribution in [-0.4, -0.2) is 57.6 Å². The smallest absolute Gasteiger partial charge is 0.331 e. The summed E-state index contributed by atoms with van der Waals surface area (Å²) < 4.78 is 22.5. The van der Waals surface area contributed by atoms with Gasteiger partial charge in [0, 0.05) is 54.4 Å². The van der Waals surface area contributed by atoms with Crippen LogP contribution in [0.5, 0.6) is 0 Å². The van der Waals surface area contributed by atoms with E-state index >= 15 is 0 Å². The molecule has 4 atom stereocenters. The molecule has 1 saturated heterocycles. The van der Waals surface area contributed by atoms with Gasteiger partial charge in [0.25, 0.3) is 5.91 Å². The molecule has 2 fully saturated rings. The summed E-state index contributed by atoms with van der Waals surface area (Å²) in [6.07, 6.45) is 3.11. The maximum atomic E-state index is 14.9. The molecule has 1 unspecified atom stereocenters. The van der Waals surface area contributed by atoms with E-state index in [9.17, 15) is 14.0 Å². The molecule has 266 valence electrons. The van der Waals surface area contributed by atoms with Crippen molar-refractivity contribution >= 4 is 39.9 Å². The lowest BCUT2D eigenvalue weighted by Gasteiger charge is -2.37. The summed E-state index contributed by atoms with van der Waals surface area (Å²) in [6, 6.07) is 11.6. The van der Waals surface area contributed by atoms with Gasteiger partial charge in [0.05, 0.1) is 28.6 Å². The molecule has 1 aromatic heterocycles. The number of rotatable bonds is 7. The SMILES string of the molecule is CC(=O)O/N=C(\C)[C@]1(n2c(C(=O)N3CCC(N)=C(C(C)=Nc4cc(C)c(F)c(C)c4)[C@@H]3C)cc3cc(C4CCOC(C)(C)C4)ccc32)C[C@@H]1C. The highest BCUT2D eigenvalue weighted by Crippen LogP contribution is 2.54. The molecule has 10 heteroatoms. The number of nitrogens with two attached hydrogens (primary N) is 1. The molecule has 9 nitrogen and oxygen atoms in total. The van der Waals surface area contributed by atoms with Crippen molar-refractivity contribution in [2.75, 3.05) is 13.2 Å². The molecule has 1 aliphatic carbocycles. The number of aliphatic imine (C=N–C) groups is 1. The fourth-order valence-corrected chi connectivity index (χ4v) is 8.38. The first-order valence-electron chi connectivity index (χ1n) is 17.7. The van der Waals surface area contributed by atoms with Crippen molar-refractivity contribution in [3.63, 3.8) is 0 Å². The minimum atomic E-state index is -0.628. The number of ether oxygens (including phenoxy) is 1. The molecule has 3 aliphatic rings. The molecule has 2 aromatic carbocycles. The molecule has 3 aromatic rings. The number of hydrogen-bond acceptors (Lipinski definition) is 7. The van der Waals surface area contributed by atoms with Crippen LogP contribution in [0.15, 0.2) is 57.8 Å². The summed E-state index contributed by atoms with van der Waals surface area (Å²) in [5.41, 5.74) is 13.1. The highest BCUT2D eigenvalue weighted by Gasteiger charge is 2.57. The maximum absolute atomic E-state index is 14.9. The minimum Gasteiger partial charge on any atom is -0.402 e. The zero-order valence-electron chi connectivity index (χ0n) is 30.8. The minimum absolute atomic E-state index is 0.118. The first kappa shape index (κ1) is 35.5. The Kier molecular flexibility index (Phi) is 9.31. The second-order valence-corrected chi connectivity index (χ2v) is 15.2. The fraction of sp³-hybridized carbons (Fsp3) is 0.500. The predicted octanol–water partition coefficient (Wildman–Crippen LogP) is 7.98. The van der Waals surface area contributed by atoms with Gasteiger partial charge in [-0.15, -0.1) is 0 Å². The van der Waals surface area contributed by atoms with Crippen LogP contribution in [0.25, 0.3) is 10.9 Å². The van der Waals surface area contributed by atoms with E-state index in [0.29, 0.717) is 65.1 Å². The van der Waals surface area contributed by atoms with Crippen molar-refractivity contribution < 1.29 is 23.6 Å². The monoisotopic (exact) mass is 683 g/mol. The number of hydrogen-bond donors (Lipinski definition) is 1. The molecule has 1 saturated carbocycles. The Morgan fingerprint density at radius 3 is 2.34 bits per heavy atom. The first-order chi connectivity index (χ1) is 23.5. The van der Waals surface area contributed by atoms with Crippen LogP contribution >= 0.6 is 0 Å². The van der Waals surface area contributed by atoms with Gasteiger partial charge >= 0.3 is 5.97 Å². The highest BCUT2D eigenvalue weighted by molar-refractivity contribution is 6.05. The van der Waals surface area contributed by atoms with Gasteiger partial charge in [-0.05, 0) is 127 Å². The number of amides is 1. The van der Waals surface area contributed by atoms with E-state index < -0.39 is 11.5 Å². The fourth-order valence-electron chi connectivity index (χ4n) is 8.38. The number of nitrogens with zero attached hydrogens (tertiary/aromatic N) is 4. The molecule has 2 aliphatic heterocycles. The second-order valence-electron chi connectivity index (χ2n) is 15.2. The predicted molar refractivity (Wildman–Crippen MR) is 196 cm³/mol. The van der Waals surface area contributed by atoms with Crippen LogP contribution < -0.4 is 5.73 Å². The van der Waals surface area contributed by atoms with Crippen LogP contribution in [0.4, 0.5) is 10.1 Å². The van der Waals surface area contributed by atoms with Crippen molar-refractivity contribution in [1.82, 2.24) is 9.47 Å². The van der Waals surface area contributed by atoms with Gasteiger partial charge in [-0.1, -0.05) is 18.1 Å². The van der Waals surface area contributed by atoms with Crippen molar-refractivity contribution in [1.29, 1.82) is 0 Å². The summed E-state index contributed by atoms with van der Waals surface area (Å²) in [6.45, 7) is 18.1. The van der Waals surface area contributed by atoms with E-state index in [1.807, 2.05) is 31.7 Å². The highest BCUT2D eigenvalue weighted by atomic mass is 19.1. The Morgan fingerprint density at radius 2 is 1.72 bits per heavy atom. The summed E-state index contributed by atoms with van der Waals surface area (Å²) in [4.78, 5) is 38.5. The average Bonchev–Trinajstić information content (AvgIpc) is 3.57. The topological polar surface area (TPSA) is 112 Å². The van der Waals surface area contributed by atoms with Gasteiger partial charge in [0.1, 0.15) is 11.5 Å². The van der Waals surface area contributed by atoms with Gasteiger partial charge in [-0.25, -0.2) is 9.18 Å². The van der Waals surface area contributed by atoms with Crippen molar-refractivity contribution in [3.8, 4) is 0 Å². The van der Waals surface area contributed by atoms with E-state index in [1.54, 1.807) is 26.0 Å². The summed E-state index contributed by atoms with van der Waals surface area (Å²) in [5.74, 6) is -0.347. The average molecular weight is 684 g/mol. The third-order valence-corrected chi connectivity index (χ3v) is 11.0. The number of oxime groups is 1. The van der Waals surface area contributed by atoms with Crippen LogP contribution in [0.2, 0.25) is 0 Å². The Hall–Kier alpha value is -4.31. The van der Waals surface area contributed by atoms with Crippen molar-refractivity contribution in [2.45, 2.75) is 111 Å². The van der Waals surface area contributed by atoms with E-state index in [4.69, 9.17) is 20.3 Å². The number of aryl methyl sites for hydroxylation is 2. The number of benzene rings is 2. The normalized spacial score (nSPS) is 25.6. The first-order valence-corrected chi connectivity index (χ1v) is 17.7. The van der Waals surface area contributed by atoms with E-state index in [-0.39, 0.29) is 29.3 Å². The number of halogens is 1. The van der Waals surface area contributed by atoms with Crippen LogP contribution in [0.1, 0.15) is 107 Å². The van der Waals surface area contributed by atoms with Crippen molar-refractivity contribution in [3.05, 3.63) is 75.9 Å². The zero-order valence-corrected chi connectivity index (χ0v) is 30.8. The number of fused-ring (bicyclic) bond motifs is 1. The molecule has 1 amide bonds. The van der Waals surface area contributed by atoms with E-state index in [0.717, 1.165) is 35.7 Å². The lowest BCUT2D eigenvalue weighted by Crippen LogP contribution is -2.47. The molecule has 0 bridgehead atoms. The van der Waals surface area contributed by atoms with E-state index in [2.05, 4.69) is 48.7 Å². The molecular weight excluding hydrogens is 633 g/mol. The second kappa shape index (κ2) is 13.1. The molecule has 3 heterocycles. The summed E-state index contributed by atoms with van der Waals surface area (Å²) >= 11 is 0. The quantitative estimate of drug-likeness (QED) is 0.154. The molecule has 2 N–H and O–H groups in total. The van der Waals surface area contributed by atoms with Crippen LogP contribution in [-0.2, 0) is 19.9 Å². The molecule has 0 spiro atoms. The third-order valence-electron chi connectivity index (χ3n) is 11.0. The largest absolute Gasteiger partial charge is 0.402 e. The molecular formula is C40H50FN5O4. The number of carbonyl (C=O) groups is 2. The molecule has 50 heavy (non-hydrogen) atoms. The van der Waals surface area contributed by atoms with Crippen LogP contribution in [0, 0.1) is 25.6 Å². The van der Waals surface area contributed by atoms with Gasteiger partial charge in [-0.2, -0.15) is 0 Å². The number of aromatic nitrogens is 1. The number of carbonyl (C=O) groups excluding carboxylic acids is 2. The third kappa shape index (κ3) is 6.38. The molecule has 0 radical (unpaired) electrons. The van der Waals surface area contributed by atoms with Gasteiger partial charge in [0.2, 0.25) is 0 Å². The lowest BCUT2D eigenvalue weighted by molar-refractivity contribution is -0.141. The van der Waals surface area contributed by atoms with Gasteiger partial charge < -0.3 is 24.8 Å².